The van der Waals surface area contributed by atoms with Gasteiger partial charge in [-0.2, -0.15) is 0 Å². The first-order valence-corrected chi connectivity index (χ1v) is 8.10. The monoisotopic (exact) mass is 290 g/mol. The van der Waals surface area contributed by atoms with Crippen molar-refractivity contribution in [1.29, 1.82) is 0 Å². The predicted molar refractivity (Wildman–Crippen MR) is 103 cm³/mol. The van der Waals surface area contributed by atoms with E-state index >= 15 is 0 Å². The van der Waals surface area contributed by atoms with Crippen molar-refractivity contribution in [3.8, 4) is 0 Å². The molecule has 0 N–H and O–H groups in total. The topological polar surface area (TPSA) is 0 Å². The van der Waals surface area contributed by atoms with Crippen molar-refractivity contribution < 1.29 is 0 Å². The fraction of sp³-hybridized carbons (Fsp3) is 0. The molecule has 1 heteroatoms. The van der Waals surface area contributed by atoms with E-state index in [9.17, 15) is 0 Å². The molecule has 0 nitrogen and oxygen atoms in total. The summed E-state index contributed by atoms with van der Waals surface area (Å²) in [7, 11) is 1.04. The number of hydrogen-bond acceptors (Lipinski definition) is 0. The van der Waals surface area contributed by atoms with E-state index in [1.54, 1.807) is 0 Å². The molecular formula is C22H15B. The largest absolute Gasteiger partial charge is 0.183 e. The van der Waals surface area contributed by atoms with E-state index in [2.05, 4.69) is 84.9 Å². The third kappa shape index (κ3) is 2.01. The summed E-state index contributed by atoms with van der Waals surface area (Å²) in [6.07, 6.45) is 4.39. The Labute approximate surface area is 136 Å². The summed E-state index contributed by atoms with van der Waals surface area (Å²) < 4.78 is 0. The fourth-order valence-electron chi connectivity index (χ4n) is 3.65. The van der Waals surface area contributed by atoms with Crippen LogP contribution in [0.3, 0.4) is 0 Å². The molecule has 4 aromatic rings. The molecule has 0 unspecified atom stereocenters. The third-order valence-electron chi connectivity index (χ3n) is 4.82. The molecule has 4 aromatic carbocycles. The van der Waals surface area contributed by atoms with Gasteiger partial charge < -0.3 is 0 Å². The average molecular weight is 290 g/mol. The van der Waals surface area contributed by atoms with Gasteiger partial charge in [-0.25, -0.2) is 0 Å². The Bertz CT molecular complexity index is 1130. The van der Waals surface area contributed by atoms with Gasteiger partial charge in [-0.05, 0) is 62.1 Å². The van der Waals surface area contributed by atoms with E-state index in [-0.39, 0.29) is 0 Å². The molecule has 0 atom stereocenters. The Hall–Kier alpha value is -2.80. The number of benzene rings is 4. The Balaban J connectivity index is 1.86. The molecule has 106 valence electrons. The van der Waals surface area contributed by atoms with Crippen molar-refractivity contribution in [2.75, 3.05) is 0 Å². The van der Waals surface area contributed by atoms with Crippen LogP contribution in [0.1, 0.15) is 5.56 Å². The van der Waals surface area contributed by atoms with Crippen LogP contribution < -0.4 is 0 Å². The SMILES string of the molecule is B1C=CC=C1c1cccc2cc3cc4ccccc4cc3cc12. The minimum atomic E-state index is 1.04. The highest BCUT2D eigenvalue weighted by Gasteiger charge is 2.09. The molecule has 0 bridgehead atoms. The van der Waals surface area contributed by atoms with Crippen LogP contribution in [-0.2, 0) is 0 Å². The minimum Gasteiger partial charge on any atom is -0.114 e. The summed E-state index contributed by atoms with van der Waals surface area (Å²) >= 11 is 0. The lowest BCUT2D eigenvalue weighted by Crippen LogP contribution is -1.91. The van der Waals surface area contributed by atoms with E-state index in [1.807, 2.05) is 0 Å². The number of hydrogen-bond donors (Lipinski definition) is 0. The van der Waals surface area contributed by atoms with Gasteiger partial charge in [0.15, 0.2) is 7.28 Å². The van der Waals surface area contributed by atoms with Gasteiger partial charge in [-0.1, -0.05) is 60.1 Å². The summed E-state index contributed by atoms with van der Waals surface area (Å²) in [6, 6.07) is 24.5. The molecule has 0 saturated heterocycles. The maximum Gasteiger partial charge on any atom is 0.183 e. The lowest BCUT2D eigenvalue weighted by Gasteiger charge is -2.10. The smallest absolute Gasteiger partial charge is 0.114 e. The van der Waals surface area contributed by atoms with Gasteiger partial charge in [0.1, 0.15) is 0 Å². The molecule has 0 saturated carbocycles. The first kappa shape index (κ1) is 12.7. The first-order chi connectivity index (χ1) is 11.4. The molecule has 0 spiro atoms. The van der Waals surface area contributed by atoms with Gasteiger partial charge in [0.2, 0.25) is 0 Å². The molecule has 1 aliphatic rings. The molecule has 1 heterocycles. The van der Waals surface area contributed by atoms with Crippen LogP contribution in [0.2, 0.25) is 0 Å². The second-order valence-electron chi connectivity index (χ2n) is 6.25. The molecule has 5 rings (SSSR count). The summed E-state index contributed by atoms with van der Waals surface area (Å²) in [5.41, 5.74) is 2.78. The predicted octanol–water partition coefficient (Wildman–Crippen LogP) is 5.45. The Morgan fingerprint density at radius 3 is 2.04 bits per heavy atom. The van der Waals surface area contributed by atoms with Crippen LogP contribution in [0, 0.1) is 0 Å². The fourth-order valence-corrected chi connectivity index (χ4v) is 3.65. The average Bonchev–Trinajstić information content (AvgIpc) is 3.12. The van der Waals surface area contributed by atoms with Crippen molar-refractivity contribution in [3.63, 3.8) is 0 Å². The van der Waals surface area contributed by atoms with Gasteiger partial charge >= 0.3 is 0 Å². The Kier molecular flexibility index (Phi) is 2.69. The van der Waals surface area contributed by atoms with Crippen LogP contribution >= 0.6 is 0 Å². The second kappa shape index (κ2) is 4.86. The molecule has 23 heavy (non-hydrogen) atoms. The molecule has 1 aliphatic heterocycles. The molecular weight excluding hydrogens is 275 g/mol. The van der Waals surface area contributed by atoms with Gasteiger partial charge in [-0.3, -0.25) is 0 Å². The van der Waals surface area contributed by atoms with E-state index < -0.39 is 0 Å². The molecule has 0 aromatic heterocycles. The van der Waals surface area contributed by atoms with Gasteiger partial charge in [0, 0.05) is 0 Å². The highest BCUT2D eigenvalue weighted by atomic mass is 14.1. The zero-order chi connectivity index (χ0) is 15.2. The van der Waals surface area contributed by atoms with Gasteiger partial charge in [0.05, 0.1) is 0 Å². The van der Waals surface area contributed by atoms with E-state index in [0.717, 1.165) is 7.28 Å². The van der Waals surface area contributed by atoms with E-state index in [0.29, 0.717) is 0 Å². The maximum absolute atomic E-state index is 2.35. The van der Waals surface area contributed by atoms with Crippen molar-refractivity contribution in [2.45, 2.75) is 0 Å². The minimum absolute atomic E-state index is 1.04. The lowest BCUT2D eigenvalue weighted by molar-refractivity contribution is 1.73. The van der Waals surface area contributed by atoms with E-state index in [1.165, 1.54) is 43.4 Å². The zero-order valence-corrected chi connectivity index (χ0v) is 12.8. The number of allylic oxidation sites excluding steroid dienone is 2. The summed E-state index contributed by atoms with van der Waals surface area (Å²) in [6.45, 7) is 0. The van der Waals surface area contributed by atoms with Crippen LogP contribution in [-0.4, -0.2) is 7.28 Å². The van der Waals surface area contributed by atoms with Crippen molar-refractivity contribution >= 4 is 45.1 Å². The second-order valence-corrected chi connectivity index (χ2v) is 6.25. The van der Waals surface area contributed by atoms with Crippen LogP contribution in [0.5, 0.6) is 0 Å². The van der Waals surface area contributed by atoms with Gasteiger partial charge in [-0.15, -0.1) is 5.98 Å². The third-order valence-corrected chi connectivity index (χ3v) is 4.82. The lowest BCUT2D eigenvalue weighted by atomic mass is 9.69. The van der Waals surface area contributed by atoms with Crippen molar-refractivity contribution in [2.24, 2.45) is 0 Å². The first-order valence-electron chi connectivity index (χ1n) is 8.10. The van der Waals surface area contributed by atoms with Crippen LogP contribution in [0.15, 0.2) is 84.9 Å². The van der Waals surface area contributed by atoms with Gasteiger partial charge in [0.25, 0.3) is 0 Å². The number of rotatable bonds is 1. The molecule has 0 aliphatic carbocycles. The van der Waals surface area contributed by atoms with Crippen LogP contribution in [0.4, 0.5) is 0 Å². The Morgan fingerprint density at radius 2 is 1.30 bits per heavy atom. The Morgan fingerprint density at radius 1 is 0.609 bits per heavy atom. The highest BCUT2D eigenvalue weighted by Crippen LogP contribution is 2.32. The number of fused-ring (bicyclic) bond motifs is 3. The molecule has 0 amide bonds. The summed E-state index contributed by atoms with van der Waals surface area (Å²) in [5, 5.41) is 7.90. The van der Waals surface area contributed by atoms with Crippen molar-refractivity contribution in [1.82, 2.24) is 0 Å². The van der Waals surface area contributed by atoms with E-state index in [4.69, 9.17) is 0 Å². The zero-order valence-electron chi connectivity index (χ0n) is 12.8. The molecule has 0 fully saturated rings. The van der Waals surface area contributed by atoms with Crippen molar-refractivity contribution in [3.05, 3.63) is 90.4 Å². The molecule has 0 radical (unpaired) electrons. The highest BCUT2D eigenvalue weighted by molar-refractivity contribution is 6.67. The standard InChI is InChI=1S/C22H15B/c1-2-6-16-12-19-14-21-17(13-18(19)11-15(16)5-1)7-3-8-20(21)22-9-4-10-23-22/h1-14,23H. The van der Waals surface area contributed by atoms with Crippen LogP contribution in [0.25, 0.3) is 37.8 Å². The maximum atomic E-state index is 2.35. The quantitative estimate of drug-likeness (QED) is 0.323. The normalized spacial score (nSPS) is 13.7. The summed E-state index contributed by atoms with van der Waals surface area (Å²) in [4.78, 5) is 0. The summed E-state index contributed by atoms with van der Waals surface area (Å²) in [5.74, 6) is 2.22.